The lowest BCUT2D eigenvalue weighted by atomic mass is 10.2. The molecule has 6 nitrogen and oxygen atoms in total. The molecule has 1 aromatic heterocycles. The summed E-state index contributed by atoms with van der Waals surface area (Å²) in [7, 11) is 1.27. The molecule has 0 aromatic carbocycles. The van der Waals surface area contributed by atoms with Gasteiger partial charge in [0, 0.05) is 0 Å². The molecule has 21 heavy (non-hydrogen) atoms. The Morgan fingerprint density at radius 3 is 2.48 bits per heavy atom. The van der Waals surface area contributed by atoms with Crippen molar-refractivity contribution in [3.05, 3.63) is 24.0 Å². The summed E-state index contributed by atoms with van der Waals surface area (Å²) in [5.41, 5.74) is -0.0514. The highest BCUT2D eigenvalue weighted by Crippen LogP contribution is 2.17. The number of carbonyl (C=O) groups excluding carboxylic acids is 2. The zero-order valence-electron chi connectivity index (χ0n) is 12.5. The van der Waals surface area contributed by atoms with Gasteiger partial charge in [0.25, 0.3) is 0 Å². The van der Waals surface area contributed by atoms with Crippen LogP contribution in [-0.2, 0) is 9.47 Å². The Labute approximate surface area is 124 Å². The molecule has 0 bridgehead atoms. The second kappa shape index (κ2) is 6.75. The van der Waals surface area contributed by atoms with E-state index in [9.17, 15) is 9.59 Å². The largest absolute Gasteiger partial charge is 0.464 e. The van der Waals surface area contributed by atoms with Crippen LogP contribution in [0.3, 0.4) is 0 Å². The number of esters is 1. The maximum atomic E-state index is 12.1. The van der Waals surface area contributed by atoms with E-state index in [1.54, 1.807) is 26.8 Å². The van der Waals surface area contributed by atoms with Crippen molar-refractivity contribution in [3.63, 3.8) is 0 Å². The molecular weight excluding hydrogens is 272 g/mol. The highest BCUT2D eigenvalue weighted by atomic mass is 16.6. The molecule has 1 aromatic rings. The van der Waals surface area contributed by atoms with Crippen molar-refractivity contribution >= 4 is 17.7 Å². The fourth-order valence-corrected chi connectivity index (χ4v) is 1.44. The first kappa shape index (κ1) is 16.5. The molecule has 0 saturated heterocycles. The monoisotopic (exact) mass is 290 g/mol. The van der Waals surface area contributed by atoms with E-state index < -0.39 is 17.7 Å². The van der Waals surface area contributed by atoms with Gasteiger partial charge in [-0.1, -0.05) is 5.92 Å². The number of hydrogen-bond acceptors (Lipinski definition) is 5. The first-order valence-electron chi connectivity index (χ1n) is 6.27. The van der Waals surface area contributed by atoms with Crippen molar-refractivity contribution in [1.82, 2.24) is 4.98 Å². The van der Waals surface area contributed by atoms with Gasteiger partial charge < -0.3 is 9.47 Å². The minimum atomic E-state index is -0.636. The second-order valence-electron chi connectivity index (χ2n) is 5.16. The van der Waals surface area contributed by atoms with Crippen LogP contribution in [0.1, 0.15) is 31.3 Å². The molecule has 0 unspecified atom stereocenters. The number of aromatic nitrogens is 1. The van der Waals surface area contributed by atoms with Crippen LogP contribution >= 0.6 is 0 Å². The summed E-state index contributed by atoms with van der Waals surface area (Å²) < 4.78 is 9.84. The minimum Gasteiger partial charge on any atom is -0.464 e. The van der Waals surface area contributed by atoms with Gasteiger partial charge in [-0.25, -0.2) is 14.6 Å². The first-order valence-corrected chi connectivity index (χ1v) is 6.27. The zero-order chi connectivity index (χ0) is 16.0. The molecule has 0 aliphatic carbocycles. The van der Waals surface area contributed by atoms with Crippen molar-refractivity contribution in [2.75, 3.05) is 18.6 Å². The van der Waals surface area contributed by atoms with Crippen LogP contribution < -0.4 is 4.90 Å². The van der Waals surface area contributed by atoms with Crippen LogP contribution in [0.4, 0.5) is 10.5 Å². The van der Waals surface area contributed by atoms with Crippen molar-refractivity contribution in [3.8, 4) is 12.3 Å². The number of hydrogen-bond donors (Lipinski definition) is 0. The number of terminal acetylenes is 1. The molecule has 0 N–H and O–H groups in total. The quantitative estimate of drug-likeness (QED) is 0.631. The fraction of sp³-hybridized carbons (Fsp3) is 0.400. The van der Waals surface area contributed by atoms with Gasteiger partial charge in [0.05, 0.1) is 25.5 Å². The Morgan fingerprint density at radius 1 is 1.38 bits per heavy atom. The van der Waals surface area contributed by atoms with Crippen LogP contribution in [0, 0.1) is 12.3 Å². The summed E-state index contributed by atoms with van der Waals surface area (Å²) in [6, 6.07) is 3.01. The third kappa shape index (κ3) is 4.80. The highest BCUT2D eigenvalue weighted by molar-refractivity contribution is 5.90. The zero-order valence-corrected chi connectivity index (χ0v) is 12.5. The average molecular weight is 290 g/mol. The molecule has 0 atom stereocenters. The van der Waals surface area contributed by atoms with Crippen LogP contribution in [0.15, 0.2) is 18.3 Å². The number of amides is 1. The van der Waals surface area contributed by atoms with Gasteiger partial charge in [-0.05, 0) is 32.9 Å². The molecule has 6 heteroatoms. The van der Waals surface area contributed by atoms with E-state index in [2.05, 4.69) is 15.6 Å². The number of carbonyl (C=O) groups is 2. The Morgan fingerprint density at radius 2 is 2.05 bits per heavy atom. The van der Waals surface area contributed by atoms with Crippen molar-refractivity contribution in [2.45, 2.75) is 26.4 Å². The SMILES string of the molecule is C#CCN(C(=O)OC(C)(C)C)c1ccc(C(=O)OC)nc1. The second-order valence-corrected chi connectivity index (χ2v) is 5.16. The third-order valence-electron chi connectivity index (χ3n) is 2.32. The molecular formula is C15H18N2O4. The summed E-state index contributed by atoms with van der Waals surface area (Å²) in [6.45, 7) is 5.32. The van der Waals surface area contributed by atoms with Crippen LogP contribution in [0.25, 0.3) is 0 Å². The predicted molar refractivity (Wildman–Crippen MR) is 78.0 cm³/mol. The van der Waals surface area contributed by atoms with Gasteiger partial charge >= 0.3 is 12.1 Å². The molecule has 112 valence electrons. The summed E-state index contributed by atoms with van der Waals surface area (Å²) in [5, 5.41) is 0. The Kier molecular flexibility index (Phi) is 5.30. The van der Waals surface area contributed by atoms with Crippen molar-refractivity contribution in [2.24, 2.45) is 0 Å². The molecule has 0 saturated carbocycles. The minimum absolute atomic E-state index is 0.0359. The van der Waals surface area contributed by atoms with Crippen LogP contribution in [-0.4, -0.2) is 36.3 Å². The number of pyridine rings is 1. The topological polar surface area (TPSA) is 68.7 Å². The van der Waals surface area contributed by atoms with Gasteiger partial charge in [-0.2, -0.15) is 0 Å². The van der Waals surface area contributed by atoms with E-state index in [0.717, 1.165) is 0 Å². The first-order chi connectivity index (χ1) is 9.78. The van der Waals surface area contributed by atoms with E-state index >= 15 is 0 Å². The molecule has 1 amide bonds. The molecule has 0 spiro atoms. The lowest BCUT2D eigenvalue weighted by molar-refractivity contribution is 0.0581. The number of anilines is 1. The average Bonchev–Trinajstić information content (AvgIpc) is 2.42. The molecule has 0 fully saturated rings. The lowest BCUT2D eigenvalue weighted by Gasteiger charge is -2.26. The smallest absolute Gasteiger partial charge is 0.415 e. The van der Waals surface area contributed by atoms with Gasteiger partial charge in [0.15, 0.2) is 0 Å². The van der Waals surface area contributed by atoms with Gasteiger partial charge in [0.2, 0.25) is 0 Å². The summed E-state index contributed by atoms with van der Waals surface area (Å²) >= 11 is 0. The van der Waals surface area contributed by atoms with E-state index in [1.807, 2.05) is 0 Å². The van der Waals surface area contributed by atoms with Crippen molar-refractivity contribution < 1.29 is 19.1 Å². The van der Waals surface area contributed by atoms with Gasteiger partial charge in [-0.15, -0.1) is 6.42 Å². The highest BCUT2D eigenvalue weighted by Gasteiger charge is 2.23. The van der Waals surface area contributed by atoms with E-state index in [4.69, 9.17) is 11.2 Å². The normalized spacial score (nSPS) is 10.4. The third-order valence-corrected chi connectivity index (χ3v) is 2.32. The van der Waals surface area contributed by atoms with E-state index in [0.29, 0.717) is 5.69 Å². The lowest BCUT2D eigenvalue weighted by Crippen LogP contribution is -2.37. The molecule has 1 heterocycles. The standard InChI is InChI=1S/C15H18N2O4/c1-6-9-17(14(19)21-15(2,3)4)11-7-8-12(16-10-11)13(18)20-5/h1,7-8,10H,9H2,2-5H3. The number of ether oxygens (including phenoxy) is 2. The molecule has 0 aliphatic heterocycles. The summed E-state index contributed by atoms with van der Waals surface area (Å²) in [5.74, 6) is 1.83. The van der Waals surface area contributed by atoms with Crippen LogP contribution in [0.2, 0.25) is 0 Å². The Hall–Kier alpha value is -2.55. The summed E-state index contributed by atoms with van der Waals surface area (Å²) in [4.78, 5) is 28.6. The van der Waals surface area contributed by atoms with Gasteiger partial charge in [0.1, 0.15) is 11.3 Å². The number of nitrogens with zero attached hydrogens (tertiary/aromatic N) is 2. The van der Waals surface area contributed by atoms with Crippen LogP contribution in [0.5, 0.6) is 0 Å². The molecule has 0 aliphatic rings. The summed E-state index contributed by atoms with van der Waals surface area (Å²) in [6.07, 6.45) is 6.07. The molecule has 0 radical (unpaired) electrons. The number of methoxy groups -OCH3 is 1. The van der Waals surface area contributed by atoms with E-state index in [-0.39, 0.29) is 12.2 Å². The predicted octanol–water partition coefficient (Wildman–Crippen LogP) is 2.24. The van der Waals surface area contributed by atoms with Crippen molar-refractivity contribution in [1.29, 1.82) is 0 Å². The number of rotatable bonds is 3. The Balaban J connectivity index is 2.98. The van der Waals surface area contributed by atoms with E-state index in [1.165, 1.54) is 24.3 Å². The molecule has 1 rings (SSSR count). The maximum absolute atomic E-state index is 12.1. The Bertz CT molecular complexity index is 553. The maximum Gasteiger partial charge on any atom is 0.415 e. The fourth-order valence-electron chi connectivity index (χ4n) is 1.44. The van der Waals surface area contributed by atoms with Gasteiger partial charge in [-0.3, -0.25) is 4.90 Å².